The van der Waals surface area contributed by atoms with Crippen molar-refractivity contribution >= 4 is 17.6 Å². The predicted octanol–water partition coefficient (Wildman–Crippen LogP) is 4.18. The first-order valence-electron chi connectivity index (χ1n) is 8.63. The Labute approximate surface area is 147 Å². The average molecular weight is 351 g/mol. The SMILES string of the molecule is CCCCCOC(=O)CCCCCC(=O)Oc1ccc([N+](=O)[O-])cc1. The molecule has 0 amide bonds. The number of carbonyl (C=O) groups is 2. The van der Waals surface area contributed by atoms with Gasteiger partial charge in [0, 0.05) is 25.0 Å². The highest BCUT2D eigenvalue weighted by Crippen LogP contribution is 2.18. The van der Waals surface area contributed by atoms with E-state index < -0.39 is 10.9 Å². The van der Waals surface area contributed by atoms with Crippen molar-refractivity contribution in [2.45, 2.75) is 58.3 Å². The fourth-order valence-electron chi connectivity index (χ4n) is 2.14. The van der Waals surface area contributed by atoms with E-state index in [2.05, 4.69) is 6.92 Å². The topological polar surface area (TPSA) is 95.7 Å². The Bertz CT molecular complexity index is 555. The van der Waals surface area contributed by atoms with Crippen molar-refractivity contribution in [1.29, 1.82) is 0 Å². The monoisotopic (exact) mass is 351 g/mol. The number of unbranched alkanes of at least 4 members (excludes halogenated alkanes) is 4. The van der Waals surface area contributed by atoms with Gasteiger partial charge < -0.3 is 9.47 Å². The number of esters is 2. The molecule has 0 saturated carbocycles. The Morgan fingerprint density at radius 3 is 2.20 bits per heavy atom. The van der Waals surface area contributed by atoms with Gasteiger partial charge in [0.2, 0.25) is 0 Å². The number of benzene rings is 1. The van der Waals surface area contributed by atoms with E-state index in [0.29, 0.717) is 25.9 Å². The van der Waals surface area contributed by atoms with Crippen molar-refractivity contribution in [1.82, 2.24) is 0 Å². The second kappa shape index (κ2) is 12.0. The number of hydrogen-bond donors (Lipinski definition) is 0. The summed E-state index contributed by atoms with van der Waals surface area (Å²) in [4.78, 5) is 33.2. The van der Waals surface area contributed by atoms with Crippen LogP contribution in [-0.2, 0) is 14.3 Å². The van der Waals surface area contributed by atoms with E-state index in [1.165, 1.54) is 24.3 Å². The molecule has 7 nitrogen and oxygen atoms in total. The Morgan fingerprint density at radius 1 is 0.960 bits per heavy atom. The van der Waals surface area contributed by atoms with Crippen molar-refractivity contribution in [3.8, 4) is 5.75 Å². The highest BCUT2D eigenvalue weighted by molar-refractivity contribution is 5.72. The molecule has 0 radical (unpaired) electrons. The Balaban J connectivity index is 2.10. The van der Waals surface area contributed by atoms with Crippen LogP contribution in [0.15, 0.2) is 24.3 Å². The molecular weight excluding hydrogens is 326 g/mol. The third kappa shape index (κ3) is 9.44. The Kier molecular flexibility index (Phi) is 9.89. The molecule has 0 bridgehead atoms. The lowest BCUT2D eigenvalue weighted by Crippen LogP contribution is -2.08. The lowest BCUT2D eigenvalue weighted by atomic mass is 10.1. The van der Waals surface area contributed by atoms with Crippen LogP contribution in [0.25, 0.3) is 0 Å². The van der Waals surface area contributed by atoms with Gasteiger partial charge in [-0.05, 0) is 31.4 Å². The first-order chi connectivity index (χ1) is 12.0. The lowest BCUT2D eigenvalue weighted by molar-refractivity contribution is -0.384. The van der Waals surface area contributed by atoms with Crippen LogP contribution < -0.4 is 4.74 Å². The van der Waals surface area contributed by atoms with Gasteiger partial charge in [0.25, 0.3) is 5.69 Å². The molecule has 1 aromatic carbocycles. The maximum Gasteiger partial charge on any atom is 0.311 e. The number of non-ortho nitro benzene ring substituents is 1. The largest absolute Gasteiger partial charge is 0.466 e. The van der Waals surface area contributed by atoms with Gasteiger partial charge in [0.15, 0.2) is 0 Å². The first kappa shape index (κ1) is 20.6. The third-order valence-corrected chi connectivity index (χ3v) is 3.55. The zero-order chi connectivity index (χ0) is 18.5. The van der Waals surface area contributed by atoms with Gasteiger partial charge in [-0.3, -0.25) is 19.7 Å². The van der Waals surface area contributed by atoms with Crippen LogP contribution in [0.4, 0.5) is 5.69 Å². The Hall–Kier alpha value is -2.44. The summed E-state index contributed by atoms with van der Waals surface area (Å²) in [5.74, 6) is -0.299. The fourth-order valence-corrected chi connectivity index (χ4v) is 2.14. The van der Waals surface area contributed by atoms with Gasteiger partial charge in [-0.1, -0.05) is 26.2 Å². The van der Waals surface area contributed by atoms with Crippen molar-refractivity contribution in [3.05, 3.63) is 34.4 Å². The predicted molar refractivity (Wildman–Crippen MR) is 92.3 cm³/mol. The number of carbonyl (C=O) groups excluding carboxylic acids is 2. The zero-order valence-corrected chi connectivity index (χ0v) is 14.6. The van der Waals surface area contributed by atoms with Gasteiger partial charge in [0.1, 0.15) is 5.75 Å². The van der Waals surface area contributed by atoms with Gasteiger partial charge in [0.05, 0.1) is 11.5 Å². The van der Waals surface area contributed by atoms with Crippen LogP contribution in [0.1, 0.15) is 58.3 Å². The molecule has 138 valence electrons. The van der Waals surface area contributed by atoms with Gasteiger partial charge in [-0.2, -0.15) is 0 Å². The maximum atomic E-state index is 11.7. The number of nitro benzene ring substituents is 1. The summed E-state index contributed by atoms with van der Waals surface area (Å²) in [5, 5.41) is 10.5. The van der Waals surface area contributed by atoms with Crippen molar-refractivity contribution in [2.24, 2.45) is 0 Å². The van der Waals surface area contributed by atoms with Crippen LogP contribution in [-0.4, -0.2) is 23.5 Å². The number of ether oxygens (including phenoxy) is 2. The molecule has 0 saturated heterocycles. The molecule has 0 heterocycles. The van der Waals surface area contributed by atoms with Crippen molar-refractivity contribution in [3.63, 3.8) is 0 Å². The van der Waals surface area contributed by atoms with E-state index in [-0.39, 0.29) is 23.8 Å². The minimum atomic E-state index is -0.513. The molecule has 0 atom stereocenters. The minimum absolute atomic E-state index is 0.0543. The Morgan fingerprint density at radius 2 is 1.60 bits per heavy atom. The molecule has 0 aliphatic rings. The maximum absolute atomic E-state index is 11.7. The van der Waals surface area contributed by atoms with E-state index in [4.69, 9.17) is 9.47 Å². The number of nitrogens with zero attached hydrogens (tertiary/aromatic N) is 1. The van der Waals surface area contributed by atoms with Gasteiger partial charge in [-0.15, -0.1) is 0 Å². The molecule has 0 spiro atoms. The molecule has 0 aliphatic carbocycles. The van der Waals surface area contributed by atoms with Crippen LogP contribution in [0, 0.1) is 10.1 Å². The number of rotatable bonds is 12. The number of nitro groups is 1. The van der Waals surface area contributed by atoms with E-state index >= 15 is 0 Å². The molecule has 0 fully saturated rings. The number of hydrogen-bond acceptors (Lipinski definition) is 6. The molecule has 0 unspecified atom stereocenters. The fraction of sp³-hybridized carbons (Fsp3) is 0.556. The molecule has 0 aromatic heterocycles. The normalized spacial score (nSPS) is 10.3. The quantitative estimate of drug-likeness (QED) is 0.184. The van der Waals surface area contributed by atoms with E-state index in [9.17, 15) is 19.7 Å². The highest BCUT2D eigenvalue weighted by Gasteiger charge is 2.08. The molecule has 7 heteroatoms. The lowest BCUT2D eigenvalue weighted by Gasteiger charge is -2.05. The summed E-state index contributed by atoms with van der Waals surface area (Å²) >= 11 is 0. The summed E-state index contributed by atoms with van der Waals surface area (Å²) in [7, 11) is 0. The van der Waals surface area contributed by atoms with E-state index in [1.807, 2.05) is 0 Å². The summed E-state index contributed by atoms with van der Waals surface area (Å²) in [6.45, 7) is 2.57. The van der Waals surface area contributed by atoms with Crippen LogP contribution in [0.5, 0.6) is 5.75 Å². The summed E-state index contributed by atoms with van der Waals surface area (Å²) in [6, 6.07) is 5.36. The smallest absolute Gasteiger partial charge is 0.311 e. The summed E-state index contributed by atoms with van der Waals surface area (Å²) in [6.07, 6.45) is 5.69. The van der Waals surface area contributed by atoms with Gasteiger partial charge in [-0.25, -0.2) is 0 Å². The summed E-state index contributed by atoms with van der Waals surface area (Å²) in [5.41, 5.74) is -0.0543. The van der Waals surface area contributed by atoms with E-state index in [1.54, 1.807) is 0 Å². The second-order valence-corrected chi connectivity index (χ2v) is 5.71. The van der Waals surface area contributed by atoms with Crippen molar-refractivity contribution < 1.29 is 24.0 Å². The molecule has 1 aromatic rings. The standard InChI is InChI=1S/C18H25NO6/c1-2-3-7-14-24-17(20)8-5-4-6-9-18(21)25-16-12-10-15(11-13-16)19(22)23/h10-13H,2-9,14H2,1H3. The van der Waals surface area contributed by atoms with Crippen LogP contribution >= 0.6 is 0 Å². The van der Waals surface area contributed by atoms with Crippen LogP contribution in [0.2, 0.25) is 0 Å². The average Bonchev–Trinajstić information content (AvgIpc) is 2.59. The zero-order valence-electron chi connectivity index (χ0n) is 14.6. The van der Waals surface area contributed by atoms with Crippen molar-refractivity contribution in [2.75, 3.05) is 6.61 Å². The molecular formula is C18H25NO6. The molecule has 0 N–H and O–H groups in total. The summed E-state index contributed by atoms with van der Waals surface area (Å²) < 4.78 is 10.2. The second-order valence-electron chi connectivity index (χ2n) is 5.71. The minimum Gasteiger partial charge on any atom is -0.466 e. The molecule has 1 rings (SSSR count). The third-order valence-electron chi connectivity index (χ3n) is 3.55. The molecule has 0 aliphatic heterocycles. The molecule has 25 heavy (non-hydrogen) atoms. The van der Waals surface area contributed by atoms with Gasteiger partial charge >= 0.3 is 11.9 Å². The first-order valence-corrected chi connectivity index (χ1v) is 8.63. The highest BCUT2D eigenvalue weighted by atomic mass is 16.6. The van der Waals surface area contributed by atoms with Crippen LogP contribution in [0.3, 0.4) is 0 Å². The van der Waals surface area contributed by atoms with E-state index in [0.717, 1.165) is 25.7 Å².